The van der Waals surface area contributed by atoms with Crippen LogP contribution in [0.1, 0.15) is 10.4 Å². The van der Waals surface area contributed by atoms with Gasteiger partial charge in [-0.3, -0.25) is 9.69 Å². The van der Waals surface area contributed by atoms with E-state index in [0.29, 0.717) is 28.0 Å². The van der Waals surface area contributed by atoms with Crippen LogP contribution in [0.25, 0.3) is 21.5 Å². The van der Waals surface area contributed by atoms with Crippen molar-refractivity contribution in [2.45, 2.75) is 30.6 Å². The zero-order valence-corrected chi connectivity index (χ0v) is 16.3. The van der Waals surface area contributed by atoms with Gasteiger partial charge in [0.05, 0.1) is 11.3 Å². The zero-order chi connectivity index (χ0) is 22.3. The number of hydrogen-bond acceptors (Lipinski definition) is 8. The van der Waals surface area contributed by atoms with Gasteiger partial charge in [0.2, 0.25) is 6.79 Å². The van der Waals surface area contributed by atoms with Gasteiger partial charge in [-0.05, 0) is 22.9 Å². The number of ether oxygens (including phenoxy) is 3. The third kappa shape index (κ3) is 2.37. The molecule has 0 spiro atoms. The standard InChI is InChI=1S/C22H17NO9/c24-15-16(25)19(22(28)29)32-21(17(15)26)23-11-5-8-3-1-2-4-9(8)14-13(11)10(20(23)27)6-12-18(14)31-7-30-12/h1-6,15-17,19,21,24-26H,7H2,(H,28,29)/t15-,16-,17+,19-,21+/m0/s1. The topological polar surface area (TPSA) is 146 Å². The van der Waals surface area contributed by atoms with Crippen molar-refractivity contribution in [2.24, 2.45) is 0 Å². The van der Waals surface area contributed by atoms with Gasteiger partial charge >= 0.3 is 5.97 Å². The number of benzene rings is 3. The van der Waals surface area contributed by atoms with Crippen LogP contribution in [0.3, 0.4) is 0 Å². The number of aliphatic hydroxyl groups is 3. The highest BCUT2D eigenvalue weighted by Gasteiger charge is 2.52. The summed E-state index contributed by atoms with van der Waals surface area (Å²) in [6.07, 6.45) is -8.82. The highest BCUT2D eigenvalue weighted by molar-refractivity contribution is 6.31. The molecule has 10 heteroatoms. The molecule has 5 atom stereocenters. The van der Waals surface area contributed by atoms with E-state index in [1.807, 2.05) is 24.3 Å². The van der Waals surface area contributed by atoms with E-state index in [0.717, 1.165) is 15.7 Å². The van der Waals surface area contributed by atoms with Gasteiger partial charge in [-0.2, -0.15) is 0 Å². The fourth-order valence-electron chi connectivity index (χ4n) is 4.76. The van der Waals surface area contributed by atoms with Gasteiger partial charge in [0.15, 0.2) is 23.8 Å². The van der Waals surface area contributed by atoms with Crippen molar-refractivity contribution in [3.8, 4) is 11.5 Å². The molecular weight excluding hydrogens is 422 g/mol. The summed E-state index contributed by atoms with van der Waals surface area (Å²) in [5.41, 5.74) is 0.641. The first-order valence-corrected chi connectivity index (χ1v) is 9.92. The first kappa shape index (κ1) is 19.3. The fourth-order valence-corrected chi connectivity index (χ4v) is 4.76. The fraction of sp³-hybridized carbons (Fsp3) is 0.273. The molecule has 1 fully saturated rings. The SMILES string of the molecule is O=C(O)[C@H]1O[C@@H](N2C(=O)c3cc4c(c5c3c2cc2ccccc25)OCO4)[C@H](O)[C@@H](O)[C@@H]1O. The molecule has 0 bridgehead atoms. The molecule has 3 heterocycles. The van der Waals surface area contributed by atoms with Crippen molar-refractivity contribution >= 4 is 39.1 Å². The van der Waals surface area contributed by atoms with Gasteiger partial charge < -0.3 is 34.6 Å². The summed E-state index contributed by atoms with van der Waals surface area (Å²) in [5.74, 6) is -1.20. The third-order valence-corrected chi connectivity index (χ3v) is 6.24. The molecule has 3 aliphatic heterocycles. The highest BCUT2D eigenvalue weighted by atomic mass is 16.7. The Morgan fingerprint density at radius 1 is 1.00 bits per heavy atom. The van der Waals surface area contributed by atoms with E-state index < -0.39 is 42.5 Å². The number of aliphatic carboxylic acids is 1. The number of carboxylic acid groups (broad SMARTS) is 1. The van der Waals surface area contributed by atoms with Crippen LogP contribution in [-0.4, -0.2) is 69.7 Å². The number of carbonyl (C=O) groups excluding carboxylic acids is 1. The molecule has 3 aliphatic rings. The van der Waals surface area contributed by atoms with Crippen LogP contribution in [0.5, 0.6) is 11.5 Å². The number of carbonyl (C=O) groups is 2. The Morgan fingerprint density at radius 2 is 1.78 bits per heavy atom. The normalized spacial score (nSPS) is 28.7. The van der Waals surface area contributed by atoms with Gasteiger partial charge in [0, 0.05) is 10.8 Å². The predicted molar refractivity (Wildman–Crippen MR) is 109 cm³/mol. The molecule has 1 saturated heterocycles. The minimum Gasteiger partial charge on any atom is -0.479 e. The lowest BCUT2D eigenvalue weighted by molar-refractivity contribution is -0.225. The lowest BCUT2D eigenvalue weighted by atomic mass is 9.96. The second-order valence-corrected chi connectivity index (χ2v) is 7.96. The number of nitrogens with zero attached hydrogens (tertiary/aromatic N) is 1. The molecule has 10 nitrogen and oxygen atoms in total. The number of rotatable bonds is 2. The number of amides is 1. The maximum Gasteiger partial charge on any atom is 0.335 e. The number of aliphatic hydroxyl groups excluding tert-OH is 3. The molecule has 4 N–H and O–H groups in total. The Bertz CT molecular complexity index is 1320. The minimum atomic E-state index is -1.86. The molecule has 3 aromatic rings. The summed E-state index contributed by atoms with van der Waals surface area (Å²) in [4.78, 5) is 26.2. The molecule has 32 heavy (non-hydrogen) atoms. The molecule has 0 unspecified atom stereocenters. The van der Waals surface area contributed by atoms with Gasteiger partial charge in [-0.1, -0.05) is 24.3 Å². The molecule has 0 saturated carbocycles. The largest absolute Gasteiger partial charge is 0.479 e. The first-order valence-electron chi connectivity index (χ1n) is 9.92. The van der Waals surface area contributed by atoms with E-state index in [1.54, 1.807) is 12.1 Å². The molecule has 1 amide bonds. The highest BCUT2D eigenvalue weighted by Crippen LogP contribution is 2.51. The van der Waals surface area contributed by atoms with Gasteiger partial charge in [-0.15, -0.1) is 0 Å². The Hall–Kier alpha value is -3.44. The quantitative estimate of drug-likeness (QED) is 0.421. The van der Waals surface area contributed by atoms with Crippen molar-refractivity contribution in [1.29, 1.82) is 0 Å². The predicted octanol–water partition coefficient (Wildman–Crippen LogP) is 0.574. The first-order chi connectivity index (χ1) is 15.4. The van der Waals surface area contributed by atoms with Gasteiger partial charge in [0.25, 0.3) is 5.91 Å². The summed E-state index contributed by atoms with van der Waals surface area (Å²) in [6, 6.07) is 10.7. The van der Waals surface area contributed by atoms with Crippen molar-refractivity contribution < 1.29 is 44.2 Å². The number of carboxylic acids is 1. The van der Waals surface area contributed by atoms with E-state index >= 15 is 0 Å². The van der Waals surface area contributed by atoms with Gasteiger partial charge in [0.1, 0.15) is 18.3 Å². The lowest BCUT2D eigenvalue weighted by Crippen LogP contribution is -2.64. The number of hydrogen-bond donors (Lipinski definition) is 4. The Balaban J connectivity index is 1.60. The van der Waals surface area contributed by atoms with Crippen LogP contribution in [0.2, 0.25) is 0 Å². The Labute approximate surface area is 179 Å². The zero-order valence-electron chi connectivity index (χ0n) is 16.3. The Kier molecular flexibility index (Phi) is 3.93. The van der Waals surface area contributed by atoms with E-state index in [2.05, 4.69) is 0 Å². The van der Waals surface area contributed by atoms with Crippen molar-refractivity contribution in [3.05, 3.63) is 42.0 Å². The molecule has 164 valence electrons. The van der Waals surface area contributed by atoms with Crippen LogP contribution >= 0.6 is 0 Å². The maximum absolute atomic E-state index is 13.5. The smallest absolute Gasteiger partial charge is 0.335 e. The van der Waals surface area contributed by atoms with Crippen LogP contribution < -0.4 is 14.4 Å². The molecular formula is C22H17NO9. The second kappa shape index (κ2) is 6.53. The van der Waals surface area contributed by atoms with Crippen LogP contribution in [0, 0.1) is 0 Å². The Morgan fingerprint density at radius 3 is 2.56 bits per heavy atom. The number of anilines is 1. The summed E-state index contributed by atoms with van der Waals surface area (Å²) in [6.45, 7) is 0.0131. The third-order valence-electron chi connectivity index (χ3n) is 6.24. The van der Waals surface area contributed by atoms with Crippen molar-refractivity contribution in [3.63, 3.8) is 0 Å². The molecule has 6 rings (SSSR count). The van der Waals surface area contributed by atoms with Gasteiger partial charge in [-0.25, -0.2) is 4.79 Å². The van der Waals surface area contributed by atoms with E-state index in [-0.39, 0.29) is 12.4 Å². The summed E-state index contributed by atoms with van der Waals surface area (Å²) >= 11 is 0. The van der Waals surface area contributed by atoms with Crippen LogP contribution in [-0.2, 0) is 9.53 Å². The van der Waals surface area contributed by atoms with E-state index in [1.165, 1.54) is 0 Å². The van der Waals surface area contributed by atoms with Crippen molar-refractivity contribution in [1.82, 2.24) is 0 Å². The average molecular weight is 439 g/mol. The van der Waals surface area contributed by atoms with Crippen LogP contribution in [0.4, 0.5) is 5.69 Å². The summed E-state index contributed by atoms with van der Waals surface area (Å²) < 4.78 is 16.7. The average Bonchev–Trinajstić information content (AvgIpc) is 3.36. The molecule has 0 radical (unpaired) electrons. The van der Waals surface area contributed by atoms with E-state index in [4.69, 9.17) is 14.2 Å². The maximum atomic E-state index is 13.5. The second-order valence-electron chi connectivity index (χ2n) is 7.96. The van der Waals surface area contributed by atoms with Crippen LogP contribution in [0.15, 0.2) is 36.4 Å². The summed E-state index contributed by atoms with van der Waals surface area (Å²) in [7, 11) is 0. The monoisotopic (exact) mass is 439 g/mol. The number of fused-ring (bicyclic) bond motifs is 4. The van der Waals surface area contributed by atoms with Crippen molar-refractivity contribution in [2.75, 3.05) is 11.7 Å². The lowest BCUT2D eigenvalue weighted by Gasteiger charge is -2.42. The minimum absolute atomic E-state index is 0.0131. The molecule has 3 aromatic carbocycles. The molecule has 0 aromatic heterocycles. The molecule has 0 aliphatic carbocycles. The van der Waals surface area contributed by atoms with E-state index in [9.17, 15) is 30.0 Å². The summed E-state index contributed by atoms with van der Waals surface area (Å²) in [5, 5.41) is 43.1.